The minimum Gasteiger partial charge on any atom is -0.479 e. The molecule has 2 unspecified atom stereocenters. The Morgan fingerprint density at radius 2 is 0.848 bits per heavy atom. The Morgan fingerprint density at radius 1 is 0.478 bits per heavy atom. The van der Waals surface area contributed by atoms with Crippen molar-refractivity contribution in [3.8, 4) is 11.5 Å². The van der Waals surface area contributed by atoms with Crippen LogP contribution in [0.25, 0.3) is 0 Å². The Kier molecular flexibility index (Phi) is 6.90. The van der Waals surface area contributed by atoms with Crippen molar-refractivity contribution >= 4 is 31.8 Å². The van der Waals surface area contributed by atoms with Crippen LogP contribution in [0.4, 0.5) is 0 Å². The second kappa shape index (κ2) is 10.7. The van der Waals surface area contributed by atoms with E-state index < -0.39 is 48.0 Å². The lowest BCUT2D eigenvalue weighted by Crippen LogP contribution is -2.26. The number of fused-ring (bicyclic) bond motifs is 4. The quantitative estimate of drug-likeness (QED) is 0.159. The van der Waals surface area contributed by atoms with Crippen LogP contribution >= 0.6 is 0 Å². The summed E-state index contributed by atoms with van der Waals surface area (Å²) in [5.74, 6) is -1.56. The van der Waals surface area contributed by atoms with Crippen LogP contribution in [-0.4, -0.2) is 37.5 Å². The number of hydrogen-bond donors (Lipinski definition) is 2. The first-order valence-electron chi connectivity index (χ1n) is 13.8. The van der Waals surface area contributed by atoms with Crippen LogP contribution in [0.3, 0.4) is 0 Å². The monoisotopic (exact) mass is 654 g/mol. The highest BCUT2D eigenvalue weighted by Gasteiger charge is 2.51. The lowest BCUT2D eigenvalue weighted by atomic mass is 9.87. The molecule has 12 heteroatoms. The zero-order valence-corrected chi connectivity index (χ0v) is 25.2. The van der Waals surface area contributed by atoms with Gasteiger partial charge >= 0.3 is 10.1 Å². The summed E-state index contributed by atoms with van der Waals surface area (Å²) in [5.41, 5.74) is 2.44. The van der Waals surface area contributed by atoms with Crippen molar-refractivity contribution in [2.24, 2.45) is 0 Å². The molecule has 0 amide bonds. The molecule has 2 N–H and O–H groups in total. The maximum absolute atomic E-state index is 12.9. The van der Waals surface area contributed by atoms with Crippen molar-refractivity contribution in [3.05, 3.63) is 154 Å². The van der Waals surface area contributed by atoms with Crippen LogP contribution in [0.2, 0.25) is 0 Å². The number of ketones is 2. The summed E-state index contributed by atoms with van der Waals surface area (Å²) in [5, 5.41) is 0. The van der Waals surface area contributed by atoms with E-state index in [1.54, 1.807) is 84.9 Å². The second-order valence-electron chi connectivity index (χ2n) is 10.7. The van der Waals surface area contributed by atoms with Crippen LogP contribution in [0.1, 0.15) is 66.3 Å². The van der Waals surface area contributed by atoms with Gasteiger partial charge in [-0.3, -0.25) is 18.7 Å². The number of rotatable bonds is 8. The number of hydrogen-bond acceptors (Lipinski definition) is 8. The van der Waals surface area contributed by atoms with E-state index in [1.165, 1.54) is 24.3 Å². The number of carbonyl (C=O) groups excluding carboxylic acids is 2. The molecule has 2 atom stereocenters. The minimum atomic E-state index is -5.12. The summed E-state index contributed by atoms with van der Waals surface area (Å²) >= 11 is 0. The van der Waals surface area contributed by atoms with Gasteiger partial charge in [-0.15, -0.1) is 0 Å². The van der Waals surface area contributed by atoms with Gasteiger partial charge in [-0.2, -0.15) is 16.8 Å². The van der Waals surface area contributed by atoms with Crippen molar-refractivity contribution in [1.82, 2.24) is 0 Å². The zero-order chi connectivity index (χ0) is 32.4. The van der Waals surface area contributed by atoms with Crippen LogP contribution in [0, 0.1) is 0 Å². The standard InChI is InChI=1S/C34H22O10S2/c35-27(19-7-3-1-4-8-19)21-11-15-23(16-12-21)29-25-26-30(24-17-13-22(14-18-24)28(36)20-9-5-2-6-10-20)44-32(33(26)45(37,38)39)34(31(25)43-29)46(40,41)42/h1-18,29-30H,(H,37,38,39)(H,40,41,42). The predicted molar refractivity (Wildman–Crippen MR) is 164 cm³/mol. The molecule has 0 radical (unpaired) electrons. The third kappa shape index (κ3) is 4.88. The maximum Gasteiger partial charge on any atom is 0.302 e. The molecule has 7 rings (SSSR count). The van der Waals surface area contributed by atoms with Crippen molar-refractivity contribution in [3.63, 3.8) is 0 Å². The molecule has 2 bridgehead atoms. The van der Waals surface area contributed by atoms with E-state index in [0.717, 1.165) is 0 Å². The van der Waals surface area contributed by atoms with Gasteiger partial charge in [-0.25, -0.2) is 0 Å². The molecular weight excluding hydrogens is 632 g/mol. The van der Waals surface area contributed by atoms with E-state index in [0.29, 0.717) is 33.4 Å². The van der Waals surface area contributed by atoms with Crippen molar-refractivity contribution in [2.75, 3.05) is 0 Å². The largest absolute Gasteiger partial charge is 0.479 e. The Hall–Kier alpha value is -5.14. The van der Waals surface area contributed by atoms with Gasteiger partial charge in [0.25, 0.3) is 10.1 Å². The third-order valence-corrected chi connectivity index (χ3v) is 9.74. The molecule has 2 aliphatic heterocycles. The molecular formula is C34H22O10S2. The molecule has 10 nitrogen and oxygen atoms in total. The molecule has 0 fully saturated rings. The van der Waals surface area contributed by atoms with E-state index in [-0.39, 0.29) is 28.4 Å². The number of ether oxygens (including phenoxy) is 2. The molecule has 0 saturated carbocycles. The Bertz CT molecular complexity index is 2270. The summed E-state index contributed by atoms with van der Waals surface area (Å²) < 4.78 is 82.7. The molecule has 0 spiro atoms. The highest BCUT2D eigenvalue weighted by atomic mass is 32.2. The first-order valence-corrected chi connectivity index (χ1v) is 16.7. The molecule has 0 aromatic heterocycles. The van der Waals surface area contributed by atoms with Gasteiger partial charge < -0.3 is 9.47 Å². The fourth-order valence-electron chi connectivity index (χ4n) is 5.83. The van der Waals surface area contributed by atoms with E-state index in [4.69, 9.17) is 9.47 Å². The van der Waals surface area contributed by atoms with Crippen LogP contribution in [-0.2, 0) is 20.2 Å². The Balaban J connectivity index is 1.32. The van der Waals surface area contributed by atoms with Gasteiger partial charge in [0.05, 0.1) is 0 Å². The second-order valence-corrected chi connectivity index (χ2v) is 13.4. The first kappa shape index (κ1) is 29.6. The number of carbonyl (C=O) groups is 2. The lowest BCUT2D eigenvalue weighted by molar-refractivity contribution is 0.103. The van der Waals surface area contributed by atoms with E-state index >= 15 is 0 Å². The number of benzene rings is 5. The molecule has 5 aromatic carbocycles. The van der Waals surface area contributed by atoms with Gasteiger partial charge in [0, 0.05) is 33.4 Å². The Morgan fingerprint density at radius 3 is 1.26 bits per heavy atom. The molecule has 0 saturated heterocycles. The molecule has 2 heterocycles. The Labute approximate surface area is 263 Å². The van der Waals surface area contributed by atoms with Crippen molar-refractivity contribution in [2.45, 2.75) is 22.0 Å². The molecule has 230 valence electrons. The minimum absolute atomic E-state index is 0.0669. The van der Waals surface area contributed by atoms with Gasteiger partial charge in [-0.1, -0.05) is 109 Å². The maximum atomic E-state index is 12.9. The van der Waals surface area contributed by atoms with Gasteiger partial charge in [-0.05, 0) is 11.1 Å². The van der Waals surface area contributed by atoms with Gasteiger partial charge in [0.2, 0.25) is 0 Å². The third-order valence-electron chi connectivity index (χ3n) is 7.93. The predicted octanol–water partition coefficient (Wildman–Crippen LogP) is 5.61. The highest BCUT2D eigenvalue weighted by molar-refractivity contribution is 7.87. The molecule has 46 heavy (non-hydrogen) atoms. The topological polar surface area (TPSA) is 161 Å². The molecule has 0 aliphatic carbocycles. The fourth-order valence-corrected chi connectivity index (χ4v) is 7.55. The fraction of sp³-hybridized carbons (Fsp3) is 0.0588. The summed E-state index contributed by atoms with van der Waals surface area (Å²) in [4.78, 5) is 24.1. The van der Waals surface area contributed by atoms with Crippen molar-refractivity contribution in [1.29, 1.82) is 0 Å². The normalized spacial score (nSPS) is 16.5. The average Bonchev–Trinajstić information content (AvgIpc) is 3.37. The SMILES string of the molecule is O=C(c1ccccc1)c1ccc(C2Oc3c2c2c(S(=O)(=O)O)c(c3S(=O)(=O)O)OC2c2ccc(C(=O)c3ccccc3)cc2)cc1. The summed E-state index contributed by atoms with van der Waals surface area (Å²) in [6.45, 7) is 0. The molecule has 2 aliphatic rings. The summed E-state index contributed by atoms with van der Waals surface area (Å²) in [6, 6.07) is 29.6. The van der Waals surface area contributed by atoms with E-state index in [9.17, 15) is 35.5 Å². The zero-order valence-electron chi connectivity index (χ0n) is 23.5. The first-order chi connectivity index (χ1) is 21.9. The van der Waals surface area contributed by atoms with E-state index in [2.05, 4.69) is 0 Å². The smallest absolute Gasteiger partial charge is 0.302 e. The van der Waals surface area contributed by atoms with Crippen LogP contribution in [0.5, 0.6) is 11.5 Å². The molecule has 5 aromatic rings. The average molecular weight is 655 g/mol. The lowest BCUT2D eigenvalue weighted by Gasteiger charge is -2.34. The van der Waals surface area contributed by atoms with Crippen LogP contribution in [0.15, 0.2) is 119 Å². The highest BCUT2D eigenvalue weighted by Crippen LogP contribution is 2.61. The van der Waals surface area contributed by atoms with Crippen molar-refractivity contribution < 1.29 is 45.0 Å². The summed E-state index contributed by atoms with van der Waals surface area (Å²) in [6.07, 6.45) is -2.29. The van der Waals surface area contributed by atoms with E-state index in [1.807, 2.05) is 0 Å². The van der Waals surface area contributed by atoms with Crippen LogP contribution < -0.4 is 9.47 Å². The van der Waals surface area contributed by atoms with Gasteiger partial charge in [0.15, 0.2) is 40.2 Å². The summed E-state index contributed by atoms with van der Waals surface area (Å²) in [7, 11) is -10.2. The van der Waals surface area contributed by atoms with Gasteiger partial charge in [0.1, 0.15) is 4.90 Å².